The van der Waals surface area contributed by atoms with Gasteiger partial charge in [0.15, 0.2) is 0 Å². The van der Waals surface area contributed by atoms with Crippen molar-refractivity contribution in [2.75, 3.05) is 0 Å². The SMILES string of the molecule is O=C(O)C1N=Nc2c(Cl)ccc(Cl)c2C1=O. The predicted octanol–water partition coefficient (Wildman–Crippen LogP) is 2.73. The van der Waals surface area contributed by atoms with E-state index in [1.165, 1.54) is 12.1 Å². The van der Waals surface area contributed by atoms with Gasteiger partial charge < -0.3 is 5.11 Å². The first kappa shape index (κ1) is 11.0. The number of rotatable bonds is 1. The number of carboxylic acid groups (broad SMARTS) is 1. The predicted molar refractivity (Wildman–Crippen MR) is 56.7 cm³/mol. The zero-order chi connectivity index (χ0) is 11.9. The molecule has 1 heterocycles. The van der Waals surface area contributed by atoms with Gasteiger partial charge in [-0.15, -0.1) is 0 Å². The van der Waals surface area contributed by atoms with E-state index in [4.69, 9.17) is 28.3 Å². The Morgan fingerprint density at radius 1 is 1.31 bits per heavy atom. The van der Waals surface area contributed by atoms with Gasteiger partial charge in [0.05, 0.1) is 15.6 Å². The average molecular weight is 259 g/mol. The summed E-state index contributed by atoms with van der Waals surface area (Å²) in [6.07, 6.45) is 0. The number of benzene rings is 1. The van der Waals surface area contributed by atoms with Crippen LogP contribution in [0.15, 0.2) is 22.4 Å². The fourth-order valence-electron chi connectivity index (χ4n) is 1.34. The normalized spacial score (nSPS) is 18.4. The molecule has 0 bridgehead atoms. The minimum absolute atomic E-state index is 0.0107. The van der Waals surface area contributed by atoms with Gasteiger partial charge in [0.1, 0.15) is 5.69 Å². The van der Waals surface area contributed by atoms with Crippen molar-refractivity contribution in [2.45, 2.75) is 6.04 Å². The number of carboxylic acids is 1. The molecule has 0 radical (unpaired) electrons. The Bertz CT molecular complexity index is 528. The van der Waals surface area contributed by atoms with Crippen molar-refractivity contribution < 1.29 is 14.7 Å². The number of nitrogens with zero attached hydrogens (tertiary/aromatic N) is 2. The van der Waals surface area contributed by atoms with Crippen LogP contribution in [0.4, 0.5) is 5.69 Å². The molecule has 5 nitrogen and oxygen atoms in total. The molecule has 0 amide bonds. The molecule has 1 aromatic rings. The summed E-state index contributed by atoms with van der Waals surface area (Å²) < 4.78 is 0. The lowest BCUT2D eigenvalue weighted by Gasteiger charge is -2.14. The molecule has 7 heteroatoms. The van der Waals surface area contributed by atoms with E-state index >= 15 is 0 Å². The zero-order valence-electron chi connectivity index (χ0n) is 7.65. The van der Waals surface area contributed by atoms with Crippen molar-refractivity contribution in [1.82, 2.24) is 0 Å². The summed E-state index contributed by atoms with van der Waals surface area (Å²) in [6, 6.07) is 1.35. The molecule has 1 aliphatic heterocycles. The lowest BCUT2D eigenvalue weighted by Crippen LogP contribution is -2.29. The first-order valence-corrected chi connectivity index (χ1v) is 4.94. The molecule has 1 aromatic carbocycles. The van der Waals surface area contributed by atoms with Crippen molar-refractivity contribution in [3.8, 4) is 0 Å². The molecule has 1 unspecified atom stereocenters. The number of ketones is 1. The second-order valence-corrected chi connectivity index (χ2v) is 3.89. The van der Waals surface area contributed by atoms with Crippen molar-refractivity contribution in [1.29, 1.82) is 0 Å². The van der Waals surface area contributed by atoms with E-state index in [1.54, 1.807) is 0 Å². The lowest BCUT2D eigenvalue weighted by molar-refractivity contribution is -0.137. The van der Waals surface area contributed by atoms with Gasteiger partial charge >= 0.3 is 5.97 Å². The summed E-state index contributed by atoms with van der Waals surface area (Å²) in [5.74, 6) is -2.07. The summed E-state index contributed by atoms with van der Waals surface area (Å²) in [5, 5.41) is 16.1. The minimum Gasteiger partial charge on any atom is -0.479 e. The first-order valence-electron chi connectivity index (χ1n) is 4.18. The number of Topliss-reactive ketones (excluding diaryl/α,β-unsaturated/α-hetero) is 1. The fraction of sp³-hybridized carbons (Fsp3) is 0.111. The lowest BCUT2D eigenvalue weighted by atomic mass is 10.0. The van der Waals surface area contributed by atoms with Crippen molar-refractivity contribution >= 4 is 40.6 Å². The number of carbonyl (C=O) groups is 2. The quantitative estimate of drug-likeness (QED) is 0.787. The topological polar surface area (TPSA) is 79.1 Å². The maximum Gasteiger partial charge on any atom is 0.338 e. The number of hydrogen-bond acceptors (Lipinski definition) is 4. The third-order valence-electron chi connectivity index (χ3n) is 2.08. The van der Waals surface area contributed by atoms with Crippen LogP contribution in [0.5, 0.6) is 0 Å². The third-order valence-corrected chi connectivity index (χ3v) is 2.70. The van der Waals surface area contributed by atoms with Crippen molar-refractivity contribution in [2.24, 2.45) is 10.2 Å². The molecule has 1 atom stereocenters. The van der Waals surface area contributed by atoms with Crippen LogP contribution in [0, 0.1) is 0 Å². The highest BCUT2D eigenvalue weighted by atomic mass is 35.5. The molecular formula is C9H4Cl2N2O3. The van der Waals surface area contributed by atoms with Gasteiger partial charge in [-0.25, -0.2) is 4.79 Å². The molecule has 0 saturated carbocycles. The van der Waals surface area contributed by atoms with Gasteiger partial charge in [-0.05, 0) is 12.1 Å². The van der Waals surface area contributed by atoms with Crippen molar-refractivity contribution in [3.05, 3.63) is 27.7 Å². The van der Waals surface area contributed by atoms with E-state index in [0.717, 1.165) is 0 Å². The highest BCUT2D eigenvalue weighted by Crippen LogP contribution is 2.38. The highest BCUT2D eigenvalue weighted by Gasteiger charge is 2.34. The first-order chi connectivity index (χ1) is 7.52. The molecule has 1 aliphatic rings. The molecule has 2 rings (SSSR count). The Morgan fingerprint density at radius 3 is 2.56 bits per heavy atom. The minimum atomic E-state index is -1.54. The summed E-state index contributed by atoms with van der Waals surface area (Å²) in [4.78, 5) is 22.5. The van der Waals surface area contributed by atoms with Crippen LogP contribution in [-0.2, 0) is 4.79 Å². The van der Waals surface area contributed by atoms with Gasteiger partial charge in [-0.3, -0.25) is 4.79 Å². The van der Waals surface area contributed by atoms with Gasteiger partial charge in [0.2, 0.25) is 11.8 Å². The van der Waals surface area contributed by atoms with E-state index in [9.17, 15) is 9.59 Å². The number of hydrogen-bond donors (Lipinski definition) is 1. The van der Waals surface area contributed by atoms with Crippen LogP contribution in [0.1, 0.15) is 10.4 Å². The number of fused-ring (bicyclic) bond motifs is 1. The largest absolute Gasteiger partial charge is 0.479 e. The van der Waals surface area contributed by atoms with Crippen LogP contribution >= 0.6 is 23.2 Å². The van der Waals surface area contributed by atoms with E-state index < -0.39 is 17.8 Å². The molecule has 0 aliphatic carbocycles. The number of azo groups is 1. The molecule has 82 valence electrons. The average Bonchev–Trinajstić information content (AvgIpc) is 2.23. The smallest absolute Gasteiger partial charge is 0.338 e. The van der Waals surface area contributed by atoms with Crippen molar-refractivity contribution in [3.63, 3.8) is 0 Å². The second kappa shape index (κ2) is 3.84. The van der Waals surface area contributed by atoms with E-state index in [1.807, 2.05) is 0 Å². The van der Waals surface area contributed by atoms with Gasteiger partial charge in [0.25, 0.3) is 0 Å². The Labute approximate surface area is 99.7 Å². The van der Waals surface area contributed by atoms with Crippen LogP contribution in [0.2, 0.25) is 10.0 Å². The summed E-state index contributed by atoms with van der Waals surface area (Å²) in [7, 11) is 0. The van der Waals surface area contributed by atoms with Crippen LogP contribution in [-0.4, -0.2) is 22.9 Å². The monoisotopic (exact) mass is 258 g/mol. The number of carbonyl (C=O) groups excluding carboxylic acids is 1. The van der Waals surface area contributed by atoms with Crippen LogP contribution < -0.4 is 0 Å². The van der Waals surface area contributed by atoms with E-state index in [0.29, 0.717) is 0 Å². The van der Waals surface area contributed by atoms with Gasteiger partial charge in [0, 0.05) is 0 Å². The molecule has 0 fully saturated rings. The number of aliphatic carboxylic acids is 1. The zero-order valence-corrected chi connectivity index (χ0v) is 9.16. The molecular weight excluding hydrogens is 255 g/mol. The summed E-state index contributed by atoms with van der Waals surface area (Å²) >= 11 is 11.6. The Hall–Kier alpha value is -1.46. The van der Waals surface area contributed by atoms with E-state index in [-0.39, 0.29) is 21.3 Å². The maximum atomic E-state index is 11.8. The number of halogens is 2. The van der Waals surface area contributed by atoms with Gasteiger partial charge in [-0.1, -0.05) is 23.2 Å². The fourth-order valence-corrected chi connectivity index (χ4v) is 1.78. The maximum absolute atomic E-state index is 11.8. The summed E-state index contributed by atoms with van der Waals surface area (Å²) in [5.41, 5.74) is 0.133. The Balaban J connectivity index is 2.64. The summed E-state index contributed by atoms with van der Waals surface area (Å²) in [6.45, 7) is 0. The highest BCUT2D eigenvalue weighted by molar-refractivity contribution is 6.39. The standard InChI is InChI=1S/C9H4Cl2N2O3/c10-3-1-2-4(11)6-5(3)8(14)7(9(15)16)13-12-6/h1-2,7H,(H,15,16). The van der Waals surface area contributed by atoms with Crippen LogP contribution in [0.25, 0.3) is 0 Å². The molecule has 0 saturated heterocycles. The second-order valence-electron chi connectivity index (χ2n) is 3.07. The van der Waals surface area contributed by atoms with E-state index in [2.05, 4.69) is 10.2 Å². The molecule has 16 heavy (non-hydrogen) atoms. The Morgan fingerprint density at radius 2 is 1.94 bits per heavy atom. The molecule has 0 aromatic heterocycles. The van der Waals surface area contributed by atoms with Gasteiger partial charge in [-0.2, -0.15) is 10.2 Å². The third kappa shape index (κ3) is 1.58. The Kier molecular flexibility index (Phi) is 2.65. The van der Waals surface area contributed by atoms with Crippen LogP contribution in [0.3, 0.4) is 0 Å². The molecule has 1 N–H and O–H groups in total. The molecule has 0 spiro atoms.